The molecule has 0 saturated heterocycles. The van der Waals surface area contributed by atoms with Gasteiger partial charge in [-0.15, -0.1) is 0 Å². The van der Waals surface area contributed by atoms with Crippen molar-refractivity contribution < 1.29 is 0 Å². The molecule has 3 heterocycles. The lowest BCUT2D eigenvalue weighted by Crippen LogP contribution is -2.07. The third-order valence-corrected chi connectivity index (χ3v) is 8.62. The van der Waals surface area contributed by atoms with E-state index in [4.69, 9.17) is 15.0 Å². The van der Waals surface area contributed by atoms with E-state index in [-0.39, 0.29) is 0 Å². The Bertz CT molecular complexity index is 2600. The van der Waals surface area contributed by atoms with E-state index in [1.165, 1.54) is 0 Å². The van der Waals surface area contributed by atoms with Gasteiger partial charge in [0.05, 0.1) is 39.4 Å². The third kappa shape index (κ3) is 3.93. The maximum atomic E-state index is 9.66. The van der Waals surface area contributed by atoms with E-state index in [0.717, 1.165) is 60.4 Å². The molecular formula is C40H24N6. The standard InChI is InChI=1S/C40H24N6/c41-25-26-22-23-37-32(24-26)30-16-6-8-18-33(30)45(37)36-21-11-7-17-31(36)39-42-38(27-12-2-1-3-13-27)43-40(44-39)46-34-19-9-4-14-28(34)29-15-5-10-20-35(29)46/h1-24H. The molecule has 0 aliphatic heterocycles. The smallest absolute Gasteiger partial charge is 0.238 e. The van der Waals surface area contributed by atoms with Gasteiger partial charge in [-0.3, -0.25) is 4.57 Å². The largest absolute Gasteiger partial charge is 0.309 e. The molecule has 0 unspecified atom stereocenters. The van der Waals surface area contributed by atoms with Gasteiger partial charge in [-0.2, -0.15) is 15.2 Å². The Morgan fingerprint density at radius 3 is 1.70 bits per heavy atom. The molecule has 3 aromatic heterocycles. The van der Waals surface area contributed by atoms with Crippen LogP contribution in [0.3, 0.4) is 0 Å². The van der Waals surface area contributed by atoms with Crippen molar-refractivity contribution in [3.8, 4) is 40.5 Å². The molecule has 0 bridgehead atoms. The van der Waals surface area contributed by atoms with E-state index in [1.54, 1.807) is 0 Å². The van der Waals surface area contributed by atoms with Crippen molar-refractivity contribution in [2.45, 2.75) is 0 Å². The molecule has 9 aromatic rings. The number of rotatable bonds is 4. The van der Waals surface area contributed by atoms with Gasteiger partial charge in [0.2, 0.25) is 5.95 Å². The molecule has 0 aliphatic carbocycles. The van der Waals surface area contributed by atoms with Crippen LogP contribution in [0.5, 0.6) is 0 Å². The van der Waals surface area contributed by atoms with Crippen LogP contribution < -0.4 is 0 Å². The Morgan fingerprint density at radius 1 is 0.457 bits per heavy atom. The molecule has 9 rings (SSSR count). The van der Waals surface area contributed by atoms with Crippen molar-refractivity contribution in [3.05, 3.63) is 151 Å². The van der Waals surface area contributed by atoms with Crippen molar-refractivity contribution in [3.63, 3.8) is 0 Å². The normalized spacial score (nSPS) is 11.5. The van der Waals surface area contributed by atoms with Crippen LogP contribution in [0.4, 0.5) is 0 Å². The fraction of sp³-hybridized carbons (Fsp3) is 0. The topological polar surface area (TPSA) is 72.3 Å². The molecule has 0 saturated carbocycles. The maximum Gasteiger partial charge on any atom is 0.238 e. The number of hydrogen-bond acceptors (Lipinski definition) is 4. The highest BCUT2D eigenvalue weighted by atomic mass is 15.2. The Hall–Kier alpha value is -6.58. The molecule has 0 aliphatic rings. The Balaban J connectivity index is 1.36. The molecule has 46 heavy (non-hydrogen) atoms. The summed E-state index contributed by atoms with van der Waals surface area (Å²) in [4.78, 5) is 15.4. The molecule has 6 aromatic carbocycles. The fourth-order valence-corrected chi connectivity index (χ4v) is 6.60. The van der Waals surface area contributed by atoms with E-state index in [1.807, 2.05) is 84.9 Å². The van der Waals surface area contributed by atoms with Crippen molar-refractivity contribution in [2.75, 3.05) is 0 Å². The molecule has 0 amide bonds. The fourth-order valence-electron chi connectivity index (χ4n) is 6.60. The van der Waals surface area contributed by atoms with Crippen LogP contribution in [-0.4, -0.2) is 24.1 Å². The van der Waals surface area contributed by atoms with Crippen LogP contribution in [0.15, 0.2) is 146 Å². The molecule has 214 valence electrons. The maximum absolute atomic E-state index is 9.66. The molecule has 0 N–H and O–H groups in total. The number of hydrogen-bond donors (Lipinski definition) is 0. The SMILES string of the molecule is N#Cc1ccc2c(c1)c1ccccc1n2-c1ccccc1-c1nc(-c2ccccc2)nc(-n2c3ccccc3c3ccccc32)n1. The summed E-state index contributed by atoms with van der Waals surface area (Å²) in [7, 11) is 0. The number of benzene rings is 6. The minimum absolute atomic E-state index is 0.553. The zero-order valence-corrected chi connectivity index (χ0v) is 24.5. The van der Waals surface area contributed by atoms with Gasteiger partial charge in [-0.1, -0.05) is 97.1 Å². The Kier molecular flexibility index (Phi) is 5.77. The van der Waals surface area contributed by atoms with Crippen molar-refractivity contribution in [1.82, 2.24) is 24.1 Å². The number of nitrogens with zero attached hydrogens (tertiary/aromatic N) is 6. The van der Waals surface area contributed by atoms with E-state index in [0.29, 0.717) is 23.2 Å². The van der Waals surface area contributed by atoms with E-state index < -0.39 is 0 Å². The molecule has 0 radical (unpaired) electrons. The number of aromatic nitrogens is 5. The van der Waals surface area contributed by atoms with Gasteiger partial charge >= 0.3 is 0 Å². The monoisotopic (exact) mass is 588 g/mol. The number of para-hydroxylation sites is 4. The quantitative estimate of drug-likeness (QED) is 0.205. The Labute approximate surface area is 264 Å². The Morgan fingerprint density at radius 2 is 1.00 bits per heavy atom. The summed E-state index contributed by atoms with van der Waals surface area (Å²) in [5.41, 5.74) is 7.46. The van der Waals surface area contributed by atoms with Gasteiger partial charge < -0.3 is 4.57 Å². The lowest BCUT2D eigenvalue weighted by molar-refractivity contribution is 0.951. The van der Waals surface area contributed by atoms with Gasteiger partial charge in [-0.05, 0) is 48.5 Å². The van der Waals surface area contributed by atoms with Gasteiger partial charge in [0.1, 0.15) is 0 Å². The van der Waals surface area contributed by atoms with Crippen molar-refractivity contribution in [1.29, 1.82) is 5.26 Å². The lowest BCUT2D eigenvalue weighted by atomic mass is 10.1. The van der Waals surface area contributed by atoms with Crippen molar-refractivity contribution in [2.24, 2.45) is 0 Å². The summed E-state index contributed by atoms with van der Waals surface area (Å²) in [6.07, 6.45) is 0. The first-order valence-corrected chi connectivity index (χ1v) is 15.1. The highest BCUT2D eigenvalue weighted by Crippen LogP contribution is 2.37. The summed E-state index contributed by atoms with van der Waals surface area (Å²) in [5.74, 6) is 1.72. The first kappa shape index (κ1) is 25.9. The van der Waals surface area contributed by atoms with Crippen LogP contribution in [0, 0.1) is 11.3 Å². The van der Waals surface area contributed by atoms with Crippen molar-refractivity contribution >= 4 is 43.6 Å². The highest BCUT2D eigenvalue weighted by molar-refractivity contribution is 6.10. The average molecular weight is 589 g/mol. The van der Waals surface area contributed by atoms with Crippen LogP contribution in [-0.2, 0) is 0 Å². The minimum atomic E-state index is 0.553. The molecule has 0 atom stereocenters. The van der Waals surface area contributed by atoms with Gasteiger partial charge in [0.25, 0.3) is 0 Å². The zero-order valence-electron chi connectivity index (χ0n) is 24.5. The predicted octanol–water partition coefficient (Wildman–Crippen LogP) is 9.27. The summed E-state index contributed by atoms with van der Waals surface area (Å²) >= 11 is 0. The van der Waals surface area contributed by atoms with Gasteiger partial charge in [0, 0.05) is 32.7 Å². The van der Waals surface area contributed by atoms with Gasteiger partial charge in [0.15, 0.2) is 11.6 Å². The lowest BCUT2D eigenvalue weighted by Gasteiger charge is -2.15. The average Bonchev–Trinajstić information content (AvgIpc) is 3.64. The molecule has 0 fully saturated rings. The number of fused-ring (bicyclic) bond motifs is 6. The summed E-state index contributed by atoms with van der Waals surface area (Å²) < 4.78 is 4.38. The highest BCUT2D eigenvalue weighted by Gasteiger charge is 2.21. The number of nitriles is 1. The summed E-state index contributed by atoms with van der Waals surface area (Å²) in [6.45, 7) is 0. The van der Waals surface area contributed by atoms with Crippen LogP contribution in [0.2, 0.25) is 0 Å². The predicted molar refractivity (Wildman–Crippen MR) is 184 cm³/mol. The zero-order chi connectivity index (χ0) is 30.6. The third-order valence-electron chi connectivity index (χ3n) is 8.62. The second-order valence-corrected chi connectivity index (χ2v) is 11.2. The van der Waals surface area contributed by atoms with E-state index in [9.17, 15) is 5.26 Å². The van der Waals surface area contributed by atoms with Crippen LogP contribution in [0.25, 0.3) is 78.0 Å². The van der Waals surface area contributed by atoms with Crippen LogP contribution in [0.1, 0.15) is 5.56 Å². The van der Waals surface area contributed by atoms with Gasteiger partial charge in [-0.25, -0.2) is 4.98 Å². The first-order valence-electron chi connectivity index (χ1n) is 15.1. The van der Waals surface area contributed by atoms with Crippen LogP contribution >= 0.6 is 0 Å². The molecule has 6 nitrogen and oxygen atoms in total. The summed E-state index contributed by atoms with van der Waals surface area (Å²) in [5, 5.41) is 14.0. The molecule has 6 heteroatoms. The second kappa shape index (κ2) is 10.3. The van der Waals surface area contributed by atoms with E-state index in [2.05, 4.69) is 75.9 Å². The molecular weight excluding hydrogens is 564 g/mol. The summed E-state index contributed by atoms with van der Waals surface area (Å²) in [6, 6.07) is 51.5. The first-order chi connectivity index (χ1) is 22.8. The molecule has 0 spiro atoms. The second-order valence-electron chi connectivity index (χ2n) is 11.2. The van der Waals surface area contributed by atoms with E-state index >= 15 is 0 Å². The minimum Gasteiger partial charge on any atom is -0.309 e.